The summed E-state index contributed by atoms with van der Waals surface area (Å²) in [6.07, 6.45) is 0.890. The molecule has 3 amide bonds. The molecule has 0 unspecified atom stereocenters. The van der Waals surface area contributed by atoms with E-state index in [-0.39, 0.29) is 18.5 Å². The molecule has 0 saturated carbocycles. The van der Waals surface area contributed by atoms with Gasteiger partial charge in [0.25, 0.3) is 5.91 Å². The van der Waals surface area contributed by atoms with Crippen molar-refractivity contribution >= 4 is 23.5 Å². The standard InChI is InChI=1S/C16H24ClN3O2/c1-11(2)8-9-18-16(22)20-15(21)10-19-12(3)13-4-6-14(17)7-5-13/h4-7,11-12,19H,8-10H2,1-3H3,(H2,18,20,21,22)/p+1/t12-/m0/s1. The predicted molar refractivity (Wildman–Crippen MR) is 87.7 cm³/mol. The first kappa shape index (κ1) is 18.5. The van der Waals surface area contributed by atoms with Gasteiger partial charge in [-0.3, -0.25) is 10.1 Å². The molecule has 0 saturated heterocycles. The summed E-state index contributed by atoms with van der Waals surface area (Å²) in [5, 5.41) is 7.56. The number of hydrogen-bond acceptors (Lipinski definition) is 2. The van der Waals surface area contributed by atoms with Crippen LogP contribution in [0.3, 0.4) is 0 Å². The topological polar surface area (TPSA) is 74.8 Å². The van der Waals surface area contributed by atoms with E-state index < -0.39 is 6.03 Å². The minimum atomic E-state index is -0.432. The minimum Gasteiger partial charge on any atom is -0.338 e. The zero-order valence-corrected chi connectivity index (χ0v) is 14.1. The number of imide groups is 1. The highest BCUT2D eigenvalue weighted by atomic mass is 35.5. The number of quaternary nitrogens is 1. The fraction of sp³-hybridized carbons (Fsp3) is 0.500. The Balaban J connectivity index is 2.27. The Bertz CT molecular complexity index is 489. The Labute approximate surface area is 136 Å². The van der Waals surface area contributed by atoms with E-state index >= 15 is 0 Å². The lowest BCUT2D eigenvalue weighted by molar-refractivity contribution is -0.682. The van der Waals surface area contributed by atoms with Crippen LogP contribution in [-0.4, -0.2) is 25.0 Å². The van der Waals surface area contributed by atoms with Gasteiger partial charge >= 0.3 is 6.03 Å². The van der Waals surface area contributed by atoms with E-state index in [2.05, 4.69) is 24.5 Å². The van der Waals surface area contributed by atoms with Crippen LogP contribution in [0.2, 0.25) is 5.02 Å². The molecule has 22 heavy (non-hydrogen) atoms. The Morgan fingerprint density at radius 3 is 2.41 bits per heavy atom. The van der Waals surface area contributed by atoms with E-state index in [4.69, 9.17) is 11.6 Å². The largest absolute Gasteiger partial charge is 0.338 e. The maximum absolute atomic E-state index is 11.7. The first-order valence-electron chi connectivity index (χ1n) is 7.55. The molecule has 1 atom stereocenters. The maximum atomic E-state index is 11.7. The van der Waals surface area contributed by atoms with Crippen molar-refractivity contribution < 1.29 is 14.9 Å². The molecule has 0 fully saturated rings. The quantitative estimate of drug-likeness (QED) is 0.715. The van der Waals surface area contributed by atoms with Crippen LogP contribution in [0.1, 0.15) is 38.8 Å². The molecule has 0 radical (unpaired) electrons. The first-order valence-corrected chi connectivity index (χ1v) is 7.92. The third-order valence-corrected chi connectivity index (χ3v) is 3.56. The molecular formula is C16H25ClN3O2+. The fourth-order valence-electron chi connectivity index (χ4n) is 1.88. The van der Waals surface area contributed by atoms with Gasteiger partial charge in [0.15, 0.2) is 6.54 Å². The van der Waals surface area contributed by atoms with Gasteiger partial charge in [0.05, 0.1) is 0 Å². The van der Waals surface area contributed by atoms with Gasteiger partial charge < -0.3 is 10.6 Å². The van der Waals surface area contributed by atoms with E-state index in [9.17, 15) is 9.59 Å². The summed E-state index contributed by atoms with van der Waals surface area (Å²) in [6.45, 7) is 6.93. The Morgan fingerprint density at radius 1 is 1.18 bits per heavy atom. The zero-order chi connectivity index (χ0) is 16.5. The van der Waals surface area contributed by atoms with Crippen molar-refractivity contribution in [3.63, 3.8) is 0 Å². The average molecular weight is 327 g/mol. The molecule has 1 rings (SSSR count). The highest BCUT2D eigenvalue weighted by Crippen LogP contribution is 2.13. The Hall–Kier alpha value is -1.59. The van der Waals surface area contributed by atoms with Crippen molar-refractivity contribution in [1.82, 2.24) is 10.6 Å². The van der Waals surface area contributed by atoms with Gasteiger partial charge in [-0.15, -0.1) is 0 Å². The molecule has 1 aromatic rings. The van der Waals surface area contributed by atoms with Gasteiger partial charge in [-0.1, -0.05) is 37.6 Å². The number of carbonyl (C=O) groups is 2. The van der Waals surface area contributed by atoms with E-state index in [0.717, 1.165) is 12.0 Å². The van der Waals surface area contributed by atoms with Crippen molar-refractivity contribution in [2.45, 2.75) is 33.2 Å². The third kappa shape index (κ3) is 7.43. The molecule has 1 aromatic carbocycles. The molecule has 0 aliphatic heterocycles. The van der Waals surface area contributed by atoms with Gasteiger partial charge in [0.1, 0.15) is 6.04 Å². The second kappa shape index (κ2) is 9.43. The molecule has 0 aromatic heterocycles. The lowest BCUT2D eigenvalue weighted by atomic mass is 10.1. The molecule has 0 aliphatic carbocycles. The average Bonchev–Trinajstić information content (AvgIpc) is 2.45. The summed E-state index contributed by atoms with van der Waals surface area (Å²) in [5.41, 5.74) is 1.08. The number of halogens is 1. The first-order chi connectivity index (χ1) is 10.4. The van der Waals surface area contributed by atoms with Gasteiger partial charge in [0.2, 0.25) is 0 Å². The normalized spacial score (nSPS) is 12.0. The monoisotopic (exact) mass is 326 g/mol. The minimum absolute atomic E-state index is 0.118. The fourth-order valence-corrected chi connectivity index (χ4v) is 2.01. The van der Waals surface area contributed by atoms with Crippen LogP contribution in [0.25, 0.3) is 0 Å². The molecular weight excluding hydrogens is 302 g/mol. The van der Waals surface area contributed by atoms with Gasteiger partial charge in [-0.2, -0.15) is 0 Å². The van der Waals surface area contributed by atoms with Crippen LogP contribution in [0.15, 0.2) is 24.3 Å². The zero-order valence-electron chi connectivity index (χ0n) is 13.4. The molecule has 0 heterocycles. The summed E-state index contributed by atoms with van der Waals surface area (Å²) in [4.78, 5) is 23.2. The number of benzene rings is 1. The van der Waals surface area contributed by atoms with Gasteiger partial charge in [-0.05, 0) is 31.4 Å². The summed E-state index contributed by atoms with van der Waals surface area (Å²) in [5.74, 6) is 0.215. The van der Waals surface area contributed by atoms with E-state index in [1.54, 1.807) is 0 Å². The van der Waals surface area contributed by atoms with Crippen molar-refractivity contribution in [2.75, 3.05) is 13.1 Å². The van der Waals surface area contributed by atoms with Crippen molar-refractivity contribution in [3.05, 3.63) is 34.9 Å². The van der Waals surface area contributed by atoms with Gasteiger partial charge in [-0.25, -0.2) is 4.79 Å². The number of nitrogens with one attached hydrogen (secondary N) is 2. The van der Waals surface area contributed by atoms with Crippen LogP contribution < -0.4 is 16.0 Å². The van der Waals surface area contributed by atoms with Crippen molar-refractivity contribution in [3.8, 4) is 0 Å². The van der Waals surface area contributed by atoms with Crippen LogP contribution in [-0.2, 0) is 4.79 Å². The smallest absolute Gasteiger partial charge is 0.321 e. The SMILES string of the molecule is CC(C)CCNC(=O)NC(=O)C[NH2+][C@@H](C)c1ccc(Cl)cc1. The summed E-state index contributed by atoms with van der Waals surface area (Å²) in [7, 11) is 0. The highest BCUT2D eigenvalue weighted by Gasteiger charge is 2.13. The van der Waals surface area contributed by atoms with Crippen molar-refractivity contribution in [1.29, 1.82) is 0 Å². The van der Waals surface area contributed by atoms with Crippen LogP contribution in [0, 0.1) is 5.92 Å². The van der Waals surface area contributed by atoms with E-state index in [0.29, 0.717) is 17.5 Å². The second-order valence-electron chi connectivity index (χ2n) is 5.77. The summed E-state index contributed by atoms with van der Waals surface area (Å²) in [6, 6.07) is 7.19. The Morgan fingerprint density at radius 2 is 1.82 bits per heavy atom. The van der Waals surface area contributed by atoms with Crippen LogP contribution >= 0.6 is 11.6 Å². The van der Waals surface area contributed by atoms with E-state index in [1.165, 1.54) is 0 Å². The number of urea groups is 1. The Kier molecular flexibility index (Phi) is 7.91. The lowest BCUT2D eigenvalue weighted by Gasteiger charge is -2.11. The number of rotatable bonds is 7. The molecule has 0 spiro atoms. The number of carbonyl (C=O) groups excluding carboxylic acids is 2. The molecule has 5 nitrogen and oxygen atoms in total. The summed E-state index contributed by atoms with van der Waals surface area (Å²) < 4.78 is 0. The second-order valence-corrected chi connectivity index (χ2v) is 6.20. The lowest BCUT2D eigenvalue weighted by Crippen LogP contribution is -2.87. The molecule has 6 heteroatoms. The van der Waals surface area contributed by atoms with Crippen LogP contribution in [0.5, 0.6) is 0 Å². The van der Waals surface area contributed by atoms with Crippen LogP contribution in [0.4, 0.5) is 4.79 Å². The van der Waals surface area contributed by atoms with E-state index in [1.807, 2.05) is 36.5 Å². The molecule has 4 N–H and O–H groups in total. The summed E-state index contributed by atoms with van der Waals surface area (Å²) >= 11 is 5.84. The number of amides is 3. The maximum Gasteiger partial charge on any atom is 0.321 e. The molecule has 0 bridgehead atoms. The van der Waals surface area contributed by atoms with Crippen molar-refractivity contribution in [2.24, 2.45) is 5.92 Å². The number of hydrogen-bond donors (Lipinski definition) is 3. The van der Waals surface area contributed by atoms with Gasteiger partial charge in [0, 0.05) is 17.1 Å². The molecule has 0 aliphatic rings. The molecule has 122 valence electrons. The third-order valence-electron chi connectivity index (χ3n) is 3.31. The predicted octanol–water partition coefficient (Wildman–Crippen LogP) is 1.84. The number of nitrogens with two attached hydrogens (primary N) is 1. The highest BCUT2D eigenvalue weighted by molar-refractivity contribution is 6.30.